The monoisotopic (exact) mass is 353 g/mol. The van der Waals surface area contributed by atoms with Crippen molar-refractivity contribution in [2.45, 2.75) is 38.7 Å². The Kier molecular flexibility index (Phi) is 5.35. The number of carbonyl (C=O) groups excluding carboxylic acids is 1. The standard InChI is InChI=1S/C15H19N3O5S/c1-5-16-24(20,21)12-7-6-9(2)13(8-12)15(19)22-10(3)14-18-17-11(4)23-14/h6-8,10,16H,5H2,1-4H3. The number of rotatable bonds is 6. The van der Waals surface area contributed by atoms with Crippen LogP contribution in [-0.4, -0.2) is 31.1 Å². The number of aryl methyl sites for hydroxylation is 2. The molecule has 0 aliphatic rings. The Morgan fingerprint density at radius 2 is 2.04 bits per heavy atom. The summed E-state index contributed by atoms with van der Waals surface area (Å²) in [5.41, 5.74) is 0.765. The van der Waals surface area contributed by atoms with Gasteiger partial charge in [0.15, 0.2) is 6.10 Å². The zero-order chi connectivity index (χ0) is 17.9. The van der Waals surface area contributed by atoms with Gasteiger partial charge in [0.1, 0.15) is 0 Å². The van der Waals surface area contributed by atoms with Crippen LogP contribution in [0.15, 0.2) is 27.5 Å². The summed E-state index contributed by atoms with van der Waals surface area (Å²) in [6.07, 6.45) is -0.743. The van der Waals surface area contributed by atoms with E-state index in [2.05, 4.69) is 14.9 Å². The van der Waals surface area contributed by atoms with E-state index in [1.165, 1.54) is 12.1 Å². The van der Waals surface area contributed by atoms with Crippen LogP contribution in [0, 0.1) is 13.8 Å². The molecule has 0 spiro atoms. The number of sulfonamides is 1. The SMILES string of the molecule is CCNS(=O)(=O)c1ccc(C)c(C(=O)OC(C)c2nnc(C)o2)c1. The summed E-state index contributed by atoms with van der Waals surface area (Å²) < 4.78 is 37.0. The molecule has 1 aromatic carbocycles. The lowest BCUT2D eigenvalue weighted by atomic mass is 10.1. The van der Waals surface area contributed by atoms with Crippen molar-refractivity contribution in [3.63, 3.8) is 0 Å². The number of nitrogens with one attached hydrogen (secondary N) is 1. The van der Waals surface area contributed by atoms with Gasteiger partial charge >= 0.3 is 5.97 Å². The van der Waals surface area contributed by atoms with Gasteiger partial charge < -0.3 is 9.15 Å². The van der Waals surface area contributed by atoms with E-state index in [1.54, 1.807) is 33.8 Å². The van der Waals surface area contributed by atoms with Crippen molar-refractivity contribution in [3.05, 3.63) is 41.1 Å². The summed E-state index contributed by atoms with van der Waals surface area (Å²) in [5, 5.41) is 7.47. The average molecular weight is 353 g/mol. The van der Waals surface area contributed by atoms with Gasteiger partial charge in [-0.3, -0.25) is 0 Å². The fourth-order valence-corrected chi connectivity index (χ4v) is 3.08. The quantitative estimate of drug-likeness (QED) is 0.789. The summed E-state index contributed by atoms with van der Waals surface area (Å²) in [5.74, 6) is -0.123. The molecule has 2 rings (SSSR count). The highest BCUT2D eigenvalue weighted by Gasteiger charge is 2.22. The summed E-state index contributed by atoms with van der Waals surface area (Å²) in [6.45, 7) is 6.85. The number of benzene rings is 1. The van der Waals surface area contributed by atoms with Crippen LogP contribution in [0.4, 0.5) is 0 Å². The third kappa shape index (κ3) is 3.98. The van der Waals surface area contributed by atoms with Crippen molar-refractivity contribution < 1.29 is 22.4 Å². The van der Waals surface area contributed by atoms with E-state index in [0.717, 1.165) is 0 Å². The second-order valence-electron chi connectivity index (χ2n) is 5.18. The van der Waals surface area contributed by atoms with Gasteiger partial charge in [-0.15, -0.1) is 10.2 Å². The lowest BCUT2D eigenvalue weighted by Gasteiger charge is -2.12. The summed E-state index contributed by atoms with van der Waals surface area (Å²) in [7, 11) is -3.66. The van der Waals surface area contributed by atoms with Crippen molar-refractivity contribution in [1.29, 1.82) is 0 Å². The highest BCUT2D eigenvalue weighted by atomic mass is 32.2. The first-order chi connectivity index (χ1) is 11.2. The van der Waals surface area contributed by atoms with Gasteiger partial charge in [-0.25, -0.2) is 17.9 Å². The third-order valence-electron chi connectivity index (χ3n) is 3.25. The number of esters is 1. The molecule has 0 aliphatic carbocycles. The largest absolute Gasteiger partial charge is 0.449 e. The molecule has 0 bridgehead atoms. The van der Waals surface area contributed by atoms with E-state index < -0.39 is 22.1 Å². The predicted molar refractivity (Wildman–Crippen MR) is 84.9 cm³/mol. The Bertz CT molecular complexity index is 845. The molecule has 0 fully saturated rings. The number of carbonyl (C=O) groups is 1. The summed E-state index contributed by atoms with van der Waals surface area (Å²) in [4.78, 5) is 12.4. The normalized spacial score (nSPS) is 12.8. The number of nitrogens with zero attached hydrogens (tertiary/aromatic N) is 2. The number of hydrogen-bond acceptors (Lipinski definition) is 7. The molecule has 1 unspecified atom stereocenters. The molecule has 9 heteroatoms. The molecular formula is C15H19N3O5S. The minimum absolute atomic E-state index is 0.00295. The summed E-state index contributed by atoms with van der Waals surface area (Å²) >= 11 is 0. The van der Waals surface area contributed by atoms with Gasteiger partial charge in [0.05, 0.1) is 10.5 Å². The van der Waals surface area contributed by atoms with Crippen LogP contribution in [0.25, 0.3) is 0 Å². The van der Waals surface area contributed by atoms with Crippen LogP contribution in [0.5, 0.6) is 0 Å². The predicted octanol–water partition coefficient (Wildman–Crippen LogP) is 1.90. The zero-order valence-corrected chi connectivity index (χ0v) is 14.7. The molecular weight excluding hydrogens is 334 g/mol. The highest BCUT2D eigenvalue weighted by molar-refractivity contribution is 7.89. The maximum Gasteiger partial charge on any atom is 0.339 e. The van der Waals surface area contributed by atoms with Gasteiger partial charge in [-0.2, -0.15) is 0 Å². The van der Waals surface area contributed by atoms with Crippen LogP contribution < -0.4 is 4.72 Å². The number of aromatic nitrogens is 2. The molecule has 130 valence electrons. The van der Waals surface area contributed by atoms with Crippen molar-refractivity contribution in [1.82, 2.24) is 14.9 Å². The Labute approximate surface area is 140 Å². The lowest BCUT2D eigenvalue weighted by Crippen LogP contribution is -2.23. The number of ether oxygens (including phenoxy) is 1. The molecule has 1 heterocycles. The van der Waals surface area contributed by atoms with Crippen LogP contribution in [0.3, 0.4) is 0 Å². The fraction of sp³-hybridized carbons (Fsp3) is 0.400. The van der Waals surface area contributed by atoms with E-state index in [0.29, 0.717) is 11.5 Å². The molecule has 2 aromatic rings. The molecule has 0 saturated carbocycles. The smallest absolute Gasteiger partial charge is 0.339 e. The molecule has 0 aliphatic heterocycles. The Morgan fingerprint density at radius 3 is 2.62 bits per heavy atom. The first-order valence-electron chi connectivity index (χ1n) is 7.36. The molecule has 8 nitrogen and oxygen atoms in total. The van der Waals surface area contributed by atoms with Crippen LogP contribution >= 0.6 is 0 Å². The maximum absolute atomic E-state index is 12.4. The van der Waals surface area contributed by atoms with Gasteiger partial charge in [0, 0.05) is 13.5 Å². The van der Waals surface area contributed by atoms with Crippen molar-refractivity contribution in [2.75, 3.05) is 6.54 Å². The van der Waals surface area contributed by atoms with E-state index in [-0.39, 0.29) is 22.9 Å². The molecule has 24 heavy (non-hydrogen) atoms. The second-order valence-corrected chi connectivity index (χ2v) is 6.95. The van der Waals surface area contributed by atoms with E-state index in [9.17, 15) is 13.2 Å². The van der Waals surface area contributed by atoms with Crippen LogP contribution in [0.1, 0.15) is 47.7 Å². The minimum Gasteiger partial charge on any atom is -0.449 e. The first-order valence-corrected chi connectivity index (χ1v) is 8.84. The third-order valence-corrected chi connectivity index (χ3v) is 4.79. The molecule has 1 N–H and O–H groups in total. The van der Waals surface area contributed by atoms with Crippen molar-refractivity contribution in [2.24, 2.45) is 0 Å². The van der Waals surface area contributed by atoms with Crippen molar-refractivity contribution in [3.8, 4) is 0 Å². The summed E-state index contributed by atoms with van der Waals surface area (Å²) in [6, 6.07) is 4.29. The Hall–Kier alpha value is -2.26. The zero-order valence-electron chi connectivity index (χ0n) is 13.9. The maximum atomic E-state index is 12.4. The van der Waals surface area contributed by atoms with Gasteiger partial charge in [0.2, 0.25) is 15.9 Å². The Balaban J connectivity index is 2.26. The molecule has 1 atom stereocenters. The molecule has 0 radical (unpaired) electrons. The van der Waals surface area contributed by atoms with Gasteiger partial charge in [-0.05, 0) is 31.5 Å². The topological polar surface area (TPSA) is 111 Å². The molecule has 0 amide bonds. The van der Waals surface area contributed by atoms with Gasteiger partial charge in [0.25, 0.3) is 5.89 Å². The number of hydrogen-bond donors (Lipinski definition) is 1. The van der Waals surface area contributed by atoms with Crippen LogP contribution in [0.2, 0.25) is 0 Å². The van der Waals surface area contributed by atoms with Gasteiger partial charge in [-0.1, -0.05) is 13.0 Å². The van der Waals surface area contributed by atoms with E-state index in [4.69, 9.17) is 9.15 Å². The Morgan fingerprint density at radius 1 is 1.33 bits per heavy atom. The van der Waals surface area contributed by atoms with E-state index in [1.807, 2.05) is 0 Å². The minimum atomic E-state index is -3.66. The molecule has 0 saturated heterocycles. The van der Waals surface area contributed by atoms with Crippen molar-refractivity contribution >= 4 is 16.0 Å². The lowest BCUT2D eigenvalue weighted by molar-refractivity contribution is 0.0275. The highest BCUT2D eigenvalue weighted by Crippen LogP contribution is 2.21. The average Bonchev–Trinajstić information content (AvgIpc) is 2.94. The van der Waals surface area contributed by atoms with E-state index >= 15 is 0 Å². The fourth-order valence-electron chi connectivity index (χ4n) is 2.01. The first kappa shape index (κ1) is 18.1. The van der Waals surface area contributed by atoms with Crippen LogP contribution in [-0.2, 0) is 14.8 Å². The molecule has 1 aromatic heterocycles. The second kappa shape index (κ2) is 7.10.